The monoisotopic (exact) mass is 235 g/mol. The SMILES string of the molecule is CCCC(=O)NC(=O)c1ccccc1OCC. The molecule has 1 aromatic carbocycles. The molecule has 1 N–H and O–H groups in total. The zero-order chi connectivity index (χ0) is 12.7. The largest absolute Gasteiger partial charge is 0.493 e. The van der Waals surface area contributed by atoms with E-state index in [0.29, 0.717) is 30.8 Å². The van der Waals surface area contributed by atoms with Crippen LogP contribution in [0.3, 0.4) is 0 Å². The lowest BCUT2D eigenvalue weighted by Crippen LogP contribution is -2.30. The van der Waals surface area contributed by atoms with E-state index in [0.717, 1.165) is 0 Å². The molecule has 0 bridgehead atoms. The highest BCUT2D eigenvalue weighted by Crippen LogP contribution is 2.17. The van der Waals surface area contributed by atoms with E-state index in [2.05, 4.69) is 5.32 Å². The maximum atomic E-state index is 11.8. The van der Waals surface area contributed by atoms with Gasteiger partial charge in [0.1, 0.15) is 5.75 Å². The number of hydrogen-bond donors (Lipinski definition) is 1. The van der Waals surface area contributed by atoms with Gasteiger partial charge in [0.05, 0.1) is 12.2 Å². The van der Waals surface area contributed by atoms with Gasteiger partial charge in [-0.15, -0.1) is 0 Å². The fraction of sp³-hybridized carbons (Fsp3) is 0.385. The van der Waals surface area contributed by atoms with Crippen molar-refractivity contribution < 1.29 is 14.3 Å². The highest BCUT2D eigenvalue weighted by molar-refractivity contribution is 6.06. The van der Waals surface area contributed by atoms with E-state index in [1.165, 1.54) is 0 Å². The Morgan fingerprint density at radius 3 is 2.59 bits per heavy atom. The van der Waals surface area contributed by atoms with Crippen LogP contribution in [0, 0.1) is 0 Å². The minimum atomic E-state index is -0.410. The first-order chi connectivity index (χ1) is 8.19. The molecule has 4 heteroatoms. The van der Waals surface area contributed by atoms with Gasteiger partial charge in [0.2, 0.25) is 5.91 Å². The Hall–Kier alpha value is -1.84. The Labute approximate surface area is 101 Å². The van der Waals surface area contributed by atoms with Gasteiger partial charge in [0.25, 0.3) is 5.91 Å². The zero-order valence-electron chi connectivity index (χ0n) is 10.2. The third kappa shape index (κ3) is 3.90. The summed E-state index contributed by atoms with van der Waals surface area (Å²) >= 11 is 0. The minimum Gasteiger partial charge on any atom is -0.493 e. The Morgan fingerprint density at radius 1 is 1.24 bits per heavy atom. The third-order valence-corrected chi connectivity index (χ3v) is 2.16. The van der Waals surface area contributed by atoms with Gasteiger partial charge in [-0.3, -0.25) is 14.9 Å². The molecule has 0 fully saturated rings. The Morgan fingerprint density at radius 2 is 1.94 bits per heavy atom. The van der Waals surface area contributed by atoms with Crippen LogP contribution in [-0.2, 0) is 4.79 Å². The number of amides is 2. The summed E-state index contributed by atoms with van der Waals surface area (Å²) in [4.78, 5) is 23.1. The molecule has 0 saturated heterocycles. The van der Waals surface area contributed by atoms with Gasteiger partial charge in [-0.1, -0.05) is 19.1 Å². The Kier molecular flexibility index (Phi) is 5.20. The summed E-state index contributed by atoms with van der Waals surface area (Å²) in [5.74, 6) is -0.173. The topological polar surface area (TPSA) is 55.4 Å². The molecule has 0 heterocycles. The van der Waals surface area contributed by atoms with Crippen LogP contribution >= 0.6 is 0 Å². The number of carbonyl (C=O) groups excluding carboxylic acids is 2. The minimum absolute atomic E-state index is 0.260. The molecule has 0 atom stereocenters. The molecule has 0 aromatic heterocycles. The molecule has 4 nitrogen and oxygen atoms in total. The average molecular weight is 235 g/mol. The van der Waals surface area contributed by atoms with Crippen molar-refractivity contribution in [1.29, 1.82) is 0 Å². The maximum absolute atomic E-state index is 11.8. The Bertz CT molecular complexity index is 401. The van der Waals surface area contributed by atoms with Crippen LogP contribution in [-0.4, -0.2) is 18.4 Å². The Balaban J connectivity index is 2.77. The van der Waals surface area contributed by atoms with Gasteiger partial charge in [-0.25, -0.2) is 0 Å². The normalized spacial score (nSPS) is 9.76. The number of rotatable bonds is 5. The molecule has 17 heavy (non-hydrogen) atoms. The summed E-state index contributed by atoms with van der Waals surface area (Å²) in [6.07, 6.45) is 1.06. The van der Waals surface area contributed by atoms with Crippen molar-refractivity contribution in [2.24, 2.45) is 0 Å². The molecule has 1 aromatic rings. The predicted molar refractivity (Wildman–Crippen MR) is 65.0 cm³/mol. The maximum Gasteiger partial charge on any atom is 0.261 e. The number of imide groups is 1. The molecule has 0 spiro atoms. The van der Waals surface area contributed by atoms with Crippen LogP contribution in [0.4, 0.5) is 0 Å². The van der Waals surface area contributed by atoms with Crippen LogP contribution in [0.15, 0.2) is 24.3 Å². The number of ether oxygens (including phenoxy) is 1. The second-order valence-corrected chi connectivity index (χ2v) is 3.56. The number of para-hydroxylation sites is 1. The van der Waals surface area contributed by atoms with Crippen LogP contribution in [0.5, 0.6) is 5.75 Å². The first-order valence-corrected chi connectivity index (χ1v) is 5.75. The quantitative estimate of drug-likeness (QED) is 0.850. The van der Waals surface area contributed by atoms with E-state index in [1.807, 2.05) is 13.8 Å². The number of hydrogen-bond acceptors (Lipinski definition) is 3. The summed E-state index contributed by atoms with van der Waals surface area (Å²) in [5, 5.41) is 2.34. The van der Waals surface area contributed by atoms with E-state index in [9.17, 15) is 9.59 Å². The van der Waals surface area contributed by atoms with Crippen molar-refractivity contribution in [3.63, 3.8) is 0 Å². The van der Waals surface area contributed by atoms with Crippen LogP contribution in [0.25, 0.3) is 0 Å². The molecule has 1 rings (SSSR count). The highest BCUT2D eigenvalue weighted by atomic mass is 16.5. The van der Waals surface area contributed by atoms with E-state index in [4.69, 9.17) is 4.74 Å². The summed E-state index contributed by atoms with van der Waals surface area (Å²) in [5.41, 5.74) is 0.388. The van der Waals surface area contributed by atoms with E-state index in [-0.39, 0.29) is 5.91 Å². The molecule has 92 valence electrons. The summed E-state index contributed by atoms with van der Waals surface area (Å²) in [6.45, 7) is 4.21. The molecular formula is C13H17NO3. The first-order valence-electron chi connectivity index (χ1n) is 5.75. The third-order valence-electron chi connectivity index (χ3n) is 2.16. The number of nitrogens with one attached hydrogen (secondary N) is 1. The predicted octanol–water partition coefficient (Wildman–Crippen LogP) is 2.14. The van der Waals surface area contributed by atoms with Crippen molar-refractivity contribution in [2.75, 3.05) is 6.61 Å². The lowest BCUT2D eigenvalue weighted by molar-refractivity contribution is -0.120. The van der Waals surface area contributed by atoms with Crippen molar-refractivity contribution in [2.45, 2.75) is 26.7 Å². The molecule has 0 aliphatic carbocycles. The zero-order valence-corrected chi connectivity index (χ0v) is 10.2. The van der Waals surface area contributed by atoms with Crippen LogP contribution in [0.2, 0.25) is 0 Å². The summed E-state index contributed by atoms with van der Waals surface area (Å²) < 4.78 is 5.33. The molecule has 0 radical (unpaired) electrons. The second-order valence-electron chi connectivity index (χ2n) is 3.56. The van der Waals surface area contributed by atoms with Crippen molar-refractivity contribution >= 4 is 11.8 Å². The summed E-state index contributed by atoms with van der Waals surface area (Å²) in [6, 6.07) is 6.87. The first kappa shape index (κ1) is 13.2. The fourth-order valence-electron chi connectivity index (χ4n) is 1.42. The fourth-order valence-corrected chi connectivity index (χ4v) is 1.42. The number of benzene rings is 1. The average Bonchev–Trinajstić information content (AvgIpc) is 2.30. The van der Waals surface area contributed by atoms with Gasteiger partial charge in [0, 0.05) is 6.42 Å². The van der Waals surface area contributed by atoms with Crippen LogP contribution < -0.4 is 10.1 Å². The van der Waals surface area contributed by atoms with Crippen molar-refractivity contribution in [3.05, 3.63) is 29.8 Å². The van der Waals surface area contributed by atoms with Crippen molar-refractivity contribution in [3.8, 4) is 5.75 Å². The second kappa shape index (κ2) is 6.68. The van der Waals surface area contributed by atoms with Gasteiger partial charge in [-0.2, -0.15) is 0 Å². The van der Waals surface area contributed by atoms with E-state index < -0.39 is 5.91 Å². The molecule has 0 aliphatic rings. The standard InChI is InChI=1S/C13H17NO3/c1-3-7-12(15)14-13(16)10-8-5-6-9-11(10)17-4-2/h5-6,8-9H,3-4,7H2,1-2H3,(H,14,15,16). The van der Waals surface area contributed by atoms with Crippen molar-refractivity contribution in [1.82, 2.24) is 5.32 Å². The van der Waals surface area contributed by atoms with Gasteiger partial charge >= 0.3 is 0 Å². The smallest absolute Gasteiger partial charge is 0.261 e. The molecule has 0 unspecified atom stereocenters. The summed E-state index contributed by atoms with van der Waals surface area (Å²) in [7, 11) is 0. The van der Waals surface area contributed by atoms with E-state index in [1.54, 1.807) is 24.3 Å². The molecular weight excluding hydrogens is 218 g/mol. The lowest BCUT2D eigenvalue weighted by atomic mass is 10.2. The highest BCUT2D eigenvalue weighted by Gasteiger charge is 2.13. The van der Waals surface area contributed by atoms with E-state index >= 15 is 0 Å². The van der Waals surface area contributed by atoms with Gasteiger partial charge in [-0.05, 0) is 25.5 Å². The van der Waals surface area contributed by atoms with Gasteiger partial charge < -0.3 is 4.74 Å². The molecule has 0 saturated carbocycles. The van der Waals surface area contributed by atoms with Crippen LogP contribution in [0.1, 0.15) is 37.0 Å². The number of carbonyl (C=O) groups is 2. The van der Waals surface area contributed by atoms with Gasteiger partial charge in [0.15, 0.2) is 0 Å². The lowest BCUT2D eigenvalue weighted by Gasteiger charge is -2.09. The molecule has 0 aliphatic heterocycles. The molecule has 2 amide bonds.